The molecule has 0 bridgehead atoms. The fourth-order valence-corrected chi connectivity index (χ4v) is 5.20. The fraction of sp³-hybridized carbons (Fsp3) is 0.348. The molecule has 2 aliphatic heterocycles. The van der Waals surface area contributed by atoms with Crippen molar-refractivity contribution in [1.82, 2.24) is 34.6 Å². The van der Waals surface area contributed by atoms with Crippen LogP contribution in [0.4, 0.5) is 11.5 Å². The van der Waals surface area contributed by atoms with Gasteiger partial charge in [-0.25, -0.2) is 15.0 Å². The molecule has 0 saturated carbocycles. The van der Waals surface area contributed by atoms with Crippen molar-refractivity contribution in [3.8, 4) is 11.4 Å². The monoisotopic (exact) mass is 428 g/mol. The van der Waals surface area contributed by atoms with Gasteiger partial charge in [-0.1, -0.05) is 18.2 Å². The number of hydrogen-bond acceptors (Lipinski definition) is 6. The maximum absolute atomic E-state index is 14.0. The first-order valence-corrected chi connectivity index (χ1v) is 11.0. The second-order valence-electron chi connectivity index (χ2n) is 8.44. The third-order valence-corrected chi connectivity index (χ3v) is 6.73. The highest BCUT2D eigenvalue weighted by atomic mass is 16.2. The van der Waals surface area contributed by atoms with E-state index in [-0.39, 0.29) is 5.91 Å². The number of aryl methyl sites for hydroxylation is 2. The third-order valence-electron chi connectivity index (χ3n) is 6.73. The van der Waals surface area contributed by atoms with Gasteiger partial charge < -0.3 is 9.88 Å². The van der Waals surface area contributed by atoms with Crippen LogP contribution >= 0.6 is 0 Å². The van der Waals surface area contributed by atoms with Gasteiger partial charge in [0.2, 0.25) is 5.91 Å². The van der Waals surface area contributed by atoms with Gasteiger partial charge in [0.15, 0.2) is 17.0 Å². The lowest BCUT2D eigenvalue weighted by Gasteiger charge is -2.32. The molecule has 162 valence electrons. The molecule has 0 unspecified atom stereocenters. The minimum atomic E-state index is -0.515. The Labute approximate surface area is 185 Å². The van der Waals surface area contributed by atoms with Crippen molar-refractivity contribution >= 4 is 28.6 Å². The number of carbonyl (C=O) groups excluding carboxylic acids is 1. The number of nitrogens with zero attached hydrogens (tertiary/aromatic N) is 7. The molecule has 0 atom stereocenters. The molecular weight excluding hydrogens is 404 g/mol. The number of fused-ring (bicyclic) bond motifs is 3. The van der Waals surface area contributed by atoms with Crippen LogP contribution in [0, 0.1) is 0 Å². The first kappa shape index (κ1) is 19.1. The number of nitrogens with one attached hydrogen (secondary N) is 1. The highest BCUT2D eigenvalue weighted by Gasteiger charge is 2.52. The average molecular weight is 429 g/mol. The Kier molecular flexibility index (Phi) is 4.16. The smallest absolute Gasteiger partial charge is 0.243 e. The summed E-state index contributed by atoms with van der Waals surface area (Å²) in [5, 5.41) is 7.68. The Hall–Kier alpha value is -3.59. The molecular formula is C23H24N8O. The van der Waals surface area contributed by atoms with Crippen molar-refractivity contribution in [3.05, 3.63) is 48.5 Å². The number of anilines is 2. The summed E-state index contributed by atoms with van der Waals surface area (Å²) >= 11 is 0. The van der Waals surface area contributed by atoms with E-state index in [1.807, 2.05) is 36.0 Å². The highest BCUT2D eigenvalue weighted by Crippen LogP contribution is 2.50. The zero-order valence-corrected chi connectivity index (χ0v) is 18.1. The largest absolute Gasteiger partial charge is 0.317 e. The molecule has 4 aromatic rings. The fourth-order valence-electron chi connectivity index (χ4n) is 5.20. The summed E-state index contributed by atoms with van der Waals surface area (Å²) < 4.78 is 3.80. The van der Waals surface area contributed by atoms with Crippen molar-refractivity contribution in [3.63, 3.8) is 0 Å². The molecule has 3 aromatic heterocycles. The van der Waals surface area contributed by atoms with Crippen LogP contribution in [0.3, 0.4) is 0 Å². The molecule has 1 aromatic carbocycles. The Morgan fingerprint density at radius 2 is 1.97 bits per heavy atom. The van der Waals surface area contributed by atoms with Crippen molar-refractivity contribution in [2.45, 2.75) is 31.7 Å². The molecule has 1 fully saturated rings. The molecule has 1 saturated heterocycles. The predicted octanol–water partition coefficient (Wildman–Crippen LogP) is 2.55. The van der Waals surface area contributed by atoms with Gasteiger partial charge in [0.1, 0.15) is 12.2 Å². The molecule has 1 spiro atoms. The van der Waals surface area contributed by atoms with Gasteiger partial charge in [-0.15, -0.1) is 0 Å². The number of rotatable bonds is 3. The lowest BCUT2D eigenvalue weighted by molar-refractivity contribution is -0.123. The normalized spacial score (nSPS) is 17.4. The third kappa shape index (κ3) is 2.51. The van der Waals surface area contributed by atoms with Gasteiger partial charge in [0.05, 0.1) is 22.9 Å². The summed E-state index contributed by atoms with van der Waals surface area (Å²) in [6.45, 7) is 4.39. The topological polar surface area (TPSA) is 93.8 Å². The minimum absolute atomic E-state index is 0.0779. The highest BCUT2D eigenvalue weighted by molar-refractivity contribution is 6.15. The van der Waals surface area contributed by atoms with Crippen LogP contribution in [0.1, 0.15) is 25.3 Å². The molecule has 9 nitrogen and oxygen atoms in total. The number of piperidine rings is 1. The van der Waals surface area contributed by atoms with E-state index >= 15 is 0 Å². The van der Waals surface area contributed by atoms with Crippen LogP contribution in [0.2, 0.25) is 0 Å². The van der Waals surface area contributed by atoms with Crippen LogP contribution in [0.5, 0.6) is 0 Å². The number of carbonyl (C=O) groups is 1. The number of aromatic nitrogens is 6. The summed E-state index contributed by atoms with van der Waals surface area (Å²) in [5.41, 5.74) is 3.71. The Morgan fingerprint density at radius 3 is 2.72 bits per heavy atom. The zero-order chi connectivity index (χ0) is 21.9. The number of imidazole rings is 1. The molecule has 5 heterocycles. The summed E-state index contributed by atoms with van der Waals surface area (Å²) in [7, 11) is 1.88. The van der Waals surface area contributed by atoms with E-state index in [2.05, 4.69) is 33.4 Å². The van der Waals surface area contributed by atoms with Crippen LogP contribution < -0.4 is 10.2 Å². The van der Waals surface area contributed by atoms with Crippen molar-refractivity contribution in [2.75, 3.05) is 18.0 Å². The van der Waals surface area contributed by atoms with Gasteiger partial charge >= 0.3 is 0 Å². The Bertz CT molecular complexity index is 1350. The quantitative estimate of drug-likeness (QED) is 0.539. The van der Waals surface area contributed by atoms with Gasteiger partial charge in [0.25, 0.3) is 0 Å². The molecule has 1 N–H and O–H groups in total. The number of benzene rings is 1. The molecule has 2 aliphatic rings. The van der Waals surface area contributed by atoms with Crippen LogP contribution in [-0.4, -0.2) is 48.3 Å². The molecule has 9 heteroatoms. The number of hydrogen-bond donors (Lipinski definition) is 1. The molecule has 6 rings (SSSR count). The van der Waals surface area contributed by atoms with E-state index in [9.17, 15) is 4.79 Å². The van der Waals surface area contributed by atoms with Crippen molar-refractivity contribution < 1.29 is 4.79 Å². The van der Waals surface area contributed by atoms with Crippen molar-refractivity contribution in [2.24, 2.45) is 7.05 Å². The average Bonchev–Trinajstić information content (AvgIpc) is 3.48. The SMILES string of the molecule is CCn1c(-c2cnn(C)c2)nc2c(N3C(=O)C4(CCNCC4)c4ccccc43)ncnc21. The van der Waals surface area contributed by atoms with Gasteiger partial charge in [-0.05, 0) is 44.5 Å². The second-order valence-corrected chi connectivity index (χ2v) is 8.44. The minimum Gasteiger partial charge on any atom is -0.317 e. The van der Waals surface area contributed by atoms with Gasteiger partial charge in [-0.3, -0.25) is 14.4 Å². The summed E-state index contributed by atoms with van der Waals surface area (Å²) in [6, 6.07) is 8.09. The number of para-hydroxylation sites is 1. The zero-order valence-electron chi connectivity index (χ0n) is 18.1. The van der Waals surface area contributed by atoms with E-state index in [4.69, 9.17) is 4.98 Å². The summed E-state index contributed by atoms with van der Waals surface area (Å²) in [4.78, 5) is 29.8. The molecule has 0 radical (unpaired) electrons. The second kappa shape index (κ2) is 6.96. The predicted molar refractivity (Wildman–Crippen MR) is 121 cm³/mol. The van der Waals surface area contributed by atoms with Crippen LogP contribution in [0.15, 0.2) is 43.0 Å². The van der Waals surface area contributed by atoms with E-state index in [0.717, 1.165) is 48.6 Å². The van der Waals surface area contributed by atoms with Gasteiger partial charge in [-0.2, -0.15) is 5.10 Å². The number of amides is 1. The maximum atomic E-state index is 14.0. The van der Waals surface area contributed by atoms with Crippen LogP contribution in [0.25, 0.3) is 22.6 Å². The van der Waals surface area contributed by atoms with E-state index in [0.29, 0.717) is 23.5 Å². The van der Waals surface area contributed by atoms with E-state index in [1.165, 1.54) is 6.33 Å². The first-order chi connectivity index (χ1) is 15.6. The summed E-state index contributed by atoms with van der Waals surface area (Å²) in [6.07, 6.45) is 6.80. The van der Waals surface area contributed by atoms with Crippen molar-refractivity contribution in [1.29, 1.82) is 0 Å². The standard InChI is InChI=1S/C23H24N8O/c1-3-30-19(15-12-27-29(2)13-15)28-18-20(30)25-14-26-21(18)31-17-7-5-4-6-16(17)23(22(31)32)8-10-24-11-9-23/h4-7,12-14,24H,3,8-11H2,1-2H3. The molecule has 0 aliphatic carbocycles. The molecule has 32 heavy (non-hydrogen) atoms. The van der Waals surface area contributed by atoms with E-state index in [1.54, 1.807) is 15.8 Å². The Morgan fingerprint density at radius 1 is 1.16 bits per heavy atom. The Balaban J connectivity index is 1.57. The first-order valence-electron chi connectivity index (χ1n) is 11.0. The molecule has 1 amide bonds. The lowest BCUT2D eigenvalue weighted by Crippen LogP contribution is -2.46. The van der Waals surface area contributed by atoms with Gasteiger partial charge in [0, 0.05) is 19.8 Å². The van der Waals surface area contributed by atoms with Crippen LogP contribution in [-0.2, 0) is 23.8 Å². The maximum Gasteiger partial charge on any atom is 0.243 e. The van der Waals surface area contributed by atoms with E-state index < -0.39 is 5.41 Å². The summed E-state index contributed by atoms with van der Waals surface area (Å²) in [5.74, 6) is 1.39. The lowest BCUT2D eigenvalue weighted by atomic mass is 9.74.